The monoisotopic (exact) mass is 236 g/mol. The van der Waals surface area contributed by atoms with Crippen molar-refractivity contribution >= 4 is 5.97 Å². The van der Waals surface area contributed by atoms with Crippen molar-refractivity contribution in [1.29, 1.82) is 0 Å². The molecule has 0 aliphatic heterocycles. The first kappa shape index (κ1) is 13.6. The van der Waals surface area contributed by atoms with E-state index in [0.29, 0.717) is 13.0 Å². The second kappa shape index (κ2) is 6.94. The first-order chi connectivity index (χ1) is 8.19. The molecular formula is C14H20O3. The molecule has 1 atom stereocenters. The molecular weight excluding hydrogens is 216 g/mol. The summed E-state index contributed by atoms with van der Waals surface area (Å²) in [5, 5.41) is 0. The number of esters is 1. The first-order valence-electron chi connectivity index (χ1n) is 5.97. The Morgan fingerprint density at radius 3 is 2.71 bits per heavy atom. The van der Waals surface area contributed by atoms with Crippen LogP contribution in [-0.2, 0) is 9.53 Å². The summed E-state index contributed by atoms with van der Waals surface area (Å²) in [6, 6.07) is 7.91. The maximum Gasteiger partial charge on any atom is 0.305 e. The Balaban J connectivity index is 2.57. The average molecular weight is 236 g/mol. The van der Waals surface area contributed by atoms with E-state index in [1.807, 2.05) is 31.2 Å². The maximum atomic E-state index is 11.3. The molecule has 0 radical (unpaired) electrons. The largest absolute Gasteiger partial charge is 0.496 e. The molecule has 0 aliphatic carbocycles. The molecule has 3 nitrogen and oxygen atoms in total. The third kappa shape index (κ3) is 4.10. The van der Waals surface area contributed by atoms with Gasteiger partial charge in [-0.05, 0) is 30.9 Å². The van der Waals surface area contributed by atoms with Crippen molar-refractivity contribution in [3.63, 3.8) is 0 Å². The molecule has 1 aromatic carbocycles. The summed E-state index contributed by atoms with van der Waals surface area (Å²) in [6.45, 7) is 4.36. The lowest BCUT2D eigenvalue weighted by molar-refractivity contribution is -0.143. The summed E-state index contributed by atoms with van der Waals surface area (Å²) < 4.78 is 10.2. The van der Waals surface area contributed by atoms with Gasteiger partial charge in [-0.2, -0.15) is 0 Å². The molecule has 0 aromatic heterocycles. The van der Waals surface area contributed by atoms with Gasteiger partial charge in [0.1, 0.15) is 5.75 Å². The summed E-state index contributed by atoms with van der Waals surface area (Å²) >= 11 is 0. The predicted molar refractivity (Wildman–Crippen MR) is 67.3 cm³/mol. The fourth-order valence-corrected chi connectivity index (χ4v) is 1.80. The molecule has 17 heavy (non-hydrogen) atoms. The highest BCUT2D eigenvalue weighted by atomic mass is 16.5. The van der Waals surface area contributed by atoms with Crippen LogP contribution in [0.3, 0.4) is 0 Å². The van der Waals surface area contributed by atoms with E-state index in [2.05, 4.69) is 6.92 Å². The fraction of sp³-hybridized carbons (Fsp3) is 0.500. The number of methoxy groups -OCH3 is 1. The third-order valence-corrected chi connectivity index (χ3v) is 2.76. The van der Waals surface area contributed by atoms with E-state index in [1.165, 1.54) is 0 Å². The molecule has 1 unspecified atom stereocenters. The minimum atomic E-state index is -0.130. The number of hydrogen-bond donors (Lipinski definition) is 0. The molecule has 1 rings (SSSR count). The third-order valence-electron chi connectivity index (χ3n) is 2.76. The smallest absolute Gasteiger partial charge is 0.305 e. The molecule has 94 valence electrons. The van der Waals surface area contributed by atoms with Crippen LogP contribution in [0.5, 0.6) is 5.75 Å². The van der Waals surface area contributed by atoms with Crippen molar-refractivity contribution < 1.29 is 14.3 Å². The molecule has 0 N–H and O–H groups in total. The van der Waals surface area contributed by atoms with Gasteiger partial charge < -0.3 is 9.47 Å². The van der Waals surface area contributed by atoms with Gasteiger partial charge in [0.25, 0.3) is 0 Å². The number of benzene rings is 1. The molecule has 3 heteroatoms. The predicted octanol–water partition coefficient (Wildman–Crippen LogP) is 3.14. The van der Waals surface area contributed by atoms with Crippen molar-refractivity contribution in [1.82, 2.24) is 0 Å². The molecule has 0 amide bonds. The lowest BCUT2D eigenvalue weighted by Crippen LogP contribution is -2.06. The summed E-state index contributed by atoms with van der Waals surface area (Å²) in [6.07, 6.45) is 1.23. The Morgan fingerprint density at radius 2 is 2.06 bits per heavy atom. The normalized spacial score (nSPS) is 11.9. The van der Waals surface area contributed by atoms with Gasteiger partial charge in [-0.1, -0.05) is 25.1 Å². The highest BCUT2D eigenvalue weighted by molar-refractivity contribution is 5.69. The van der Waals surface area contributed by atoms with Crippen molar-refractivity contribution in [2.24, 2.45) is 0 Å². The second-order valence-electron chi connectivity index (χ2n) is 3.99. The summed E-state index contributed by atoms with van der Waals surface area (Å²) in [4.78, 5) is 11.3. The van der Waals surface area contributed by atoms with E-state index in [9.17, 15) is 4.79 Å². The quantitative estimate of drug-likeness (QED) is 0.712. The second-order valence-corrected chi connectivity index (χ2v) is 3.99. The Kier molecular flexibility index (Phi) is 5.53. The minimum absolute atomic E-state index is 0.130. The summed E-state index contributed by atoms with van der Waals surface area (Å²) in [5.41, 5.74) is 1.14. The number of carbonyl (C=O) groups is 1. The van der Waals surface area contributed by atoms with Gasteiger partial charge in [-0.25, -0.2) is 0 Å². The van der Waals surface area contributed by atoms with E-state index < -0.39 is 0 Å². The van der Waals surface area contributed by atoms with Crippen LogP contribution in [0.4, 0.5) is 0 Å². The van der Waals surface area contributed by atoms with Gasteiger partial charge in [0.15, 0.2) is 0 Å². The van der Waals surface area contributed by atoms with E-state index >= 15 is 0 Å². The SMILES string of the molecule is CCOC(=O)CCC(C)c1ccccc1OC. The standard InChI is InChI=1S/C14H20O3/c1-4-17-14(15)10-9-11(2)12-7-5-6-8-13(12)16-3/h5-8,11H,4,9-10H2,1-3H3. The van der Waals surface area contributed by atoms with Gasteiger partial charge in [-0.3, -0.25) is 4.79 Å². The van der Waals surface area contributed by atoms with Crippen LogP contribution in [0.15, 0.2) is 24.3 Å². The lowest BCUT2D eigenvalue weighted by Gasteiger charge is -2.14. The van der Waals surface area contributed by atoms with E-state index in [1.54, 1.807) is 7.11 Å². The minimum Gasteiger partial charge on any atom is -0.496 e. The van der Waals surface area contributed by atoms with Crippen LogP contribution in [0, 0.1) is 0 Å². The van der Waals surface area contributed by atoms with Gasteiger partial charge in [0.2, 0.25) is 0 Å². The van der Waals surface area contributed by atoms with Crippen molar-refractivity contribution in [2.45, 2.75) is 32.6 Å². The zero-order valence-electron chi connectivity index (χ0n) is 10.7. The molecule has 0 fully saturated rings. The number of rotatable bonds is 6. The molecule has 0 saturated heterocycles. The molecule has 0 saturated carbocycles. The Labute approximate surface area is 103 Å². The van der Waals surface area contributed by atoms with Gasteiger partial charge >= 0.3 is 5.97 Å². The van der Waals surface area contributed by atoms with Crippen LogP contribution in [0.1, 0.15) is 38.2 Å². The number of hydrogen-bond acceptors (Lipinski definition) is 3. The number of ether oxygens (including phenoxy) is 2. The van der Waals surface area contributed by atoms with Gasteiger partial charge in [0, 0.05) is 6.42 Å². The topological polar surface area (TPSA) is 35.5 Å². The molecule has 0 aliphatic rings. The molecule has 1 aromatic rings. The number of para-hydroxylation sites is 1. The highest BCUT2D eigenvalue weighted by Gasteiger charge is 2.12. The molecule has 0 bridgehead atoms. The zero-order chi connectivity index (χ0) is 12.7. The highest BCUT2D eigenvalue weighted by Crippen LogP contribution is 2.29. The van der Waals surface area contributed by atoms with Crippen LogP contribution in [-0.4, -0.2) is 19.7 Å². The van der Waals surface area contributed by atoms with E-state index in [-0.39, 0.29) is 11.9 Å². The summed E-state index contributed by atoms with van der Waals surface area (Å²) in [7, 11) is 1.66. The zero-order valence-corrected chi connectivity index (χ0v) is 10.7. The Bertz CT molecular complexity index is 360. The lowest BCUT2D eigenvalue weighted by atomic mass is 9.95. The van der Waals surface area contributed by atoms with Crippen LogP contribution in [0.2, 0.25) is 0 Å². The first-order valence-corrected chi connectivity index (χ1v) is 5.97. The Morgan fingerprint density at radius 1 is 1.35 bits per heavy atom. The molecule has 0 spiro atoms. The Hall–Kier alpha value is -1.51. The van der Waals surface area contributed by atoms with Crippen molar-refractivity contribution in [3.05, 3.63) is 29.8 Å². The van der Waals surface area contributed by atoms with Crippen LogP contribution in [0.25, 0.3) is 0 Å². The maximum absolute atomic E-state index is 11.3. The average Bonchev–Trinajstić information content (AvgIpc) is 2.36. The van der Waals surface area contributed by atoms with Gasteiger partial charge in [-0.15, -0.1) is 0 Å². The van der Waals surface area contributed by atoms with Crippen LogP contribution < -0.4 is 4.74 Å². The van der Waals surface area contributed by atoms with Crippen molar-refractivity contribution in [3.8, 4) is 5.75 Å². The van der Waals surface area contributed by atoms with Crippen LogP contribution >= 0.6 is 0 Å². The van der Waals surface area contributed by atoms with Gasteiger partial charge in [0.05, 0.1) is 13.7 Å². The summed E-state index contributed by atoms with van der Waals surface area (Å²) in [5.74, 6) is 1.04. The fourth-order valence-electron chi connectivity index (χ4n) is 1.80. The number of carbonyl (C=O) groups excluding carboxylic acids is 1. The molecule has 0 heterocycles. The van der Waals surface area contributed by atoms with E-state index in [0.717, 1.165) is 17.7 Å². The van der Waals surface area contributed by atoms with E-state index in [4.69, 9.17) is 9.47 Å². The van der Waals surface area contributed by atoms with Crippen molar-refractivity contribution in [2.75, 3.05) is 13.7 Å².